The summed E-state index contributed by atoms with van der Waals surface area (Å²) in [4.78, 5) is 23.3. The Morgan fingerprint density at radius 3 is 2.87 bits per heavy atom. The highest BCUT2D eigenvalue weighted by Gasteiger charge is 2.27. The molecule has 1 aliphatic rings. The molecule has 1 heterocycles. The highest BCUT2D eigenvalue weighted by molar-refractivity contribution is 6.07. The fourth-order valence-electron chi connectivity index (χ4n) is 1.63. The standard InChI is InChI=1S/C10H8FNO3/c11-6-1-2-8-7(5-6)9(13)3-4-12(8)10(14)15/h1-2,5H,3-4H2,(H,14,15). The van der Waals surface area contributed by atoms with E-state index in [9.17, 15) is 14.0 Å². The summed E-state index contributed by atoms with van der Waals surface area (Å²) >= 11 is 0. The van der Waals surface area contributed by atoms with Gasteiger partial charge in [0.05, 0.1) is 5.69 Å². The second kappa shape index (κ2) is 3.34. The van der Waals surface area contributed by atoms with Crippen LogP contribution in [0.15, 0.2) is 18.2 Å². The first-order valence-corrected chi connectivity index (χ1v) is 4.43. The number of benzene rings is 1. The summed E-state index contributed by atoms with van der Waals surface area (Å²) in [5, 5.41) is 8.86. The minimum absolute atomic E-state index is 0.1000. The maximum Gasteiger partial charge on any atom is 0.411 e. The Morgan fingerprint density at radius 2 is 2.20 bits per heavy atom. The van der Waals surface area contributed by atoms with E-state index < -0.39 is 11.9 Å². The van der Waals surface area contributed by atoms with E-state index in [1.807, 2.05) is 0 Å². The topological polar surface area (TPSA) is 57.6 Å². The van der Waals surface area contributed by atoms with E-state index in [2.05, 4.69) is 0 Å². The summed E-state index contributed by atoms with van der Waals surface area (Å²) in [6, 6.07) is 3.54. The number of fused-ring (bicyclic) bond motifs is 1. The van der Waals surface area contributed by atoms with Crippen LogP contribution in [-0.4, -0.2) is 23.5 Å². The van der Waals surface area contributed by atoms with Crippen molar-refractivity contribution in [3.8, 4) is 0 Å². The van der Waals surface area contributed by atoms with Gasteiger partial charge in [0.25, 0.3) is 0 Å². The first-order valence-electron chi connectivity index (χ1n) is 4.43. The average Bonchev–Trinajstić information content (AvgIpc) is 2.19. The Kier molecular flexibility index (Phi) is 2.15. The Bertz CT molecular complexity index is 444. The molecule has 1 amide bonds. The number of hydrogen-bond donors (Lipinski definition) is 1. The van der Waals surface area contributed by atoms with Crippen LogP contribution >= 0.6 is 0 Å². The first-order chi connectivity index (χ1) is 7.09. The van der Waals surface area contributed by atoms with Gasteiger partial charge in [-0.3, -0.25) is 9.69 Å². The van der Waals surface area contributed by atoms with Crippen molar-refractivity contribution in [2.45, 2.75) is 6.42 Å². The molecule has 1 N–H and O–H groups in total. The maximum atomic E-state index is 12.9. The predicted octanol–water partition coefficient (Wildman–Crippen LogP) is 1.90. The van der Waals surface area contributed by atoms with Gasteiger partial charge in [-0.05, 0) is 18.2 Å². The molecular formula is C10H8FNO3. The van der Waals surface area contributed by atoms with Gasteiger partial charge in [0.1, 0.15) is 5.82 Å². The zero-order valence-electron chi connectivity index (χ0n) is 7.74. The van der Waals surface area contributed by atoms with Crippen molar-refractivity contribution in [2.75, 3.05) is 11.4 Å². The third-order valence-electron chi connectivity index (χ3n) is 2.34. The number of Topliss-reactive ketones (excluding diaryl/α,β-unsaturated/α-hetero) is 1. The number of carbonyl (C=O) groups excluding carboxylic acids is 1. The second-order valence-corrected chi connectivity index (χ2v) is 3.27. The van der Waals surface area contributed by atoms with Crippen LogP contribution in [0.1, 0.15) is 16.8 Å². The number of amides is 1. The lowest BCUT2D eigenvalue weighted by Crippen LogP contribution is -2.36. The third kappa shape index (κ3) is 1.56. The number of ketones is 1. The van der Waals surface area contributed by atoms with Crippen molar-refractivity contribution in [3.05, 3.63) is 29.6 Å². The second-order valence-electron chi connectivity index (χ2n) is 3.27. The first kappa shape index (κ1) is 9.64. The lowest BCUT2D eigenvalue weighted by atomic mass is 10.0. The highest BCUT2D eigenvalue weighted by Crippen LogP contribution is 2.27. The molecule has 1 aromatic rings. The van der Waals surface area contributed by atoms with Crippen molar-refractivity contribution < 1.29 is 19.1 Å². The third-order valence-corrected chi connectivity index (χ3v) is 2.34. The Morgan fingerprint density at radius 1 is 1.47 bits per heavy atom. The lowest BCUT2D eigenvalue weighted by molar-refractivity contribution is 0.0979. The molecule has 0 saturated heterocycles. The van der Waals surface area contributed by atoms with E-state index in [0.717, 1.165) is 17.0 Å². The molecule has 2 rings (SSSR count). The van der Waals surface area contributed by atoms with Crippen LogP contribution < -0.4 is 4.90 Å². The van der Waals surface area contributed by atoms with Gasteiger partial charge in [-0.25, -0.2) is 9.18 Å². The van der Waals surface area contributed by atoms with E-state index in [1.54, 1.807) is 0 Å². The summed E-state index contributed by atoms with van der Waals surface area (Å²) in [6.45, 7) is 0.132. The molecule has 0 unspecified atom stereocenters. The monoisotopic (exact) mass is 209 g/mol. The SMILES string of the molecule is O=C1CCN(C(=O)O)c2ccc(F)cc21. The Labute approximate surface area is 84.9 Å². The minimum atomic E-state index is -1.13. The summed E-state index contributed by atoms with van der Waals surface area (Å²) < 4.78 is 12.9. The van der Waals surface area contributed by atoms with Gasteiger partial charge >= 0.3 is 6.09 Å². The average molecular weight is 209 g/mol. The van der Waals surface area contributed by atoms with Gasteiger partial charge in [-0.2, -0.15) is 0 Å². The molecule has 4 nitrogen and oxygen atoms in total. The van der Waals surface area contributed by atoms with Crippen LogP contribution in [0, 0.1) is 5.82 Å². The molecule has 78 valence electrons. The summed E-state index contributed by atoms with van der Waals surface area (Å²) in [6.07, 6.45) is -1.03. The molecule has 15 heavy (non-hydrogen) atoms. The molecule has 0 spiro atoms. The van der Waals surface area contributed by atoms with Crippen LogP contribution in [0.2, 0.25) is 0 Å². The molecule has 0 saturated carbocycles. The van der Waals surface area contributed by atoms with Crippen LogP contribution in [0.5, 0.6) is 0 Å². The van der Waals surface area contributed by atoms with Gasteiger partial charge in [-0.1, -0.05) is 0 Å². The molecule has 0 aromatic heterocycles. The number of hydrogen-bond acceptors (Lipinski definition) is 2. The van der Waals surface area contributed by atoms with Crippen molar-refractivity contribution in [3.63, 3.8) is 0 Å². The van der Waals surface area contributed by atoms with E-state index in [-0.39, 0.29) is 30.0 Å². The minimum Gasteiger partial charge on any atom is -0.465 e. The van der Waals surface area contributed by atoms with Gasteiger partial charge in [0, 0.05) is 18.5 Å². The van der Waals surface area contributed by atoms with E-state index in [4.69, 9.17) is 5.11 Å². The molecular weight excluding hydrogens is 201 g/mol. The van der Waals surface area contributed by atoms with Crippen LogP contribution in [0.3, 0.4) is 0 Å². The summed E-state index contributed by atoms with van der Waals surface area (Å²) in [5.74, 6) is -0.753. The fourth-order valence-corrected chi connectivity index (χ4v) is 1.63. The molecule has 1 aliphatic heterocycles. The molecule has 0 atom stereocenters. The highest BCUT2D eigenvalue weighted by atomic mass is 19.1. The van der Waals surface area contributed by atoms with Gasteiger partial charge in [-0.15, -0.1) is 0 Å². The molecule has 5 heteroatoms. The Balaban J connectivity index is 2.55. The van der Waals surface area contributed by atoms with E-state index >= 15 is 0 Å². The Hall–Kier alpha value is -1.91. The quantitative estimate of drug-likeness (QED) is 0.709. The summed E-state index contributed by atoms with van der Waals surface area (Å²) in [7, 11) is 0. The molecule has 0 radical (unpaired) electrons. The zero-order valence-corrected chi connectivity index (χ0v) is 7.74. The summed E-state index contributed by atoms with van der Waals surface area (Å²) in [5.41, 5.74) is 0.406. The lowest BCUT2D eigenvalue weighted by Gasteiger charge is -2.25. The number of anilines is 1. The number of carboxylic acid groups (broad SMARTS) is 1. The van der Waals surface area contributed by atoms with Gasteiger partial charge < -0.3 is 5.11 Å². The molecule has 0 aliphatic carbocycles. The maximum absolute atomic E-state index is 12.9. The molecule has 0 fully saturated rings. The predicted molar refractivity (Wildman–Crippen MR) is 50.7 cm³/mol. The van der Waals surface area contributed by atoms with Crippen LogP contribution in [-0.2, 0) is 0 Å². The number of nitrogens with zero attached hydrogens (tertiary/aromatic N) is 1. The zero-order chi connectivity index (χ0) is 11.0. The van der Waals surface area contributed by atoms with Crippen molar-refractivity contribution in [1.82, 2.24) is 0 Å². The largest absolute Gasteiger partial charge is 0.465 e. The molecule has 1 aromatic carbocycles. The number of halogens is 1. The van der Waals surface area contributed by atoms with Gasteiger partial charge in [0.2, 0.25) is 0 Å². The van der Waals surface area contributed by atoms with Crippen LogP contribution in [0.4, 0.5) is 14.9 Å². The van der Waals surface area contributed by atoms with Crippen molar-refractivity contribution in [1.29, 1.82) is 0 Å². The van der Waals surface area contributed by atoms with Crippen molar-refractivity contribution >= 4 is 17.6 Å². The van der Waals surface area contributed by atoms with Crippen LogP contribution in [0.25, 0.3) is 0 Å². The smallest absolute Gasteiger partial charge is 0.411 e. The van der Waals surface area contributed by atoms with Gasteiger partial charge in [0.15, 0.2) is 5.78 Å². The molecule has 0 bridgehead atoms. The number of carbonyl (C=O) groups is 2. The number of rotatable bonds is 0. The van der Waals surface area contributed by atoms with E-state index in [0.29, 0.717) is 0 Å². The van der Waals surface area contributed by atoms with Crippen molar-refractivity contribution in [2.24, 2.45) is 0 Å². The fraction of sp³-hybridized carbons (Fsp3) is 0.200. The van der Waals surface area contributed by atoms with E-state index in [1.165, 1.54) is 6.07 Å². The normalized spacial score (nSPS) is 15.0.